The van der Waals surface area contributed by atoms with Crippen LogP contribution in [0.2, 0.25) is 0 Å². The highest BCUT2D eigenvalue weighted by Crippen LogP contribution is 2.27. The maximum Gasteiger partial charge on any atom is 0.252 e. The van der Waals surface area contributed by atoms with Gasteiger partial charge in [0.25, 0.3) is 10.0 Å². The van der Waals surface area contributed by atoms with Crippen LogP contribution in [0.5, 0.6) is 0 Å². The van der Waals surface area contributed by atoms with Crippen LogP contribution in [0.25, 0.3) is 0 Å². The number of nitrogens with one attached hydrogen (secondary N) is 2. The lowest BCUT2D eigenvalue weighted by molar-refractivity contribution is 0.347. The summed E-state index contributed by atoms with van der Waals surface area (Å²) in [4.78, 5) is 5.55. The minimum absolute atomic E-state index is 0.436. The van der Waals surface area contributed by atoms with E-state index in [0.717, 1.165) is 49.6 Å². The molecule has 1 aromatic rings. The van der Waals surface area contributed by atoms with E-state index in [1.807, 2.05) is 13.0 Å². The van der Waals surface area contributed by atoms with Crippen LogP contribution in [0, 0.1) is 0 Å². The molecule has 2 N–H and O–H groups in total. The summed E-state index contributed by atoms with van der Waals surface area (Å²) in [5.74, 6) is 0.789. The Morgan fingerprint density at radius 1 is 1.15 bits per heavy atom. The molecule has 26 heavy (non-hydrogen) atoms. The fourth-order valence-electron chi connectivity index (χ4n) is 2.89. The number of guanidine groups is 1. The first-order chi connectivity index (χ1) is 12.6. The highest BCUT2D eigenvalue weighted by Gasteiger charge is 2.27. The van der Waals surface area contributed by atoms with E-state index in [9.17, 15) is 8.42 Å². The van der Waals surface area contributed by atoms with Gasteiger partial charge in [-0.1, -0.05) is 26.2 Å². The molecule has 0 bridgehead atoms. The molecule has 1 fully saturated rings. The molecule has 1 aliphatic rings. The number of hydrogen-bond acceptors (Lipinski definition) is 4. The van der Waals surface area contributed by atoms with Crippen molar-refractivity contribution in [2.24, 2.45) is 4.99 Å². The monoisotopic (exact) mass is 400 g/mol. The minimum atomic E-state index is -3.34. The molecule has 0 saturated carbocycles. The van der Waals surface area contributed by atoms with E-state index in [-0.39, 0.29) is 0 Å². The quantitative estimate of drug-likeness (QED) is 0.379. The number of rotatable bonds is 9. The standard InChI is InChI=1S/C18H32N4O2S2/c1-3-5-7-12-20-18(19-4-2)21-15-16-10-11-17(25-16)26(23,24)22-13-8-6-9-14-22/h10-11H,3-9,12-15H2,1-2H3,(H2,19,20,21). The maximum absolute atomic E-state index is 12.7. The van der Waals surface area contributed by atoms with Gasteiger partial charge in [-0.15, -0.1) is 11.3 Å². The molecular formula is C18H32N4O2S2. The van der Waals surface area contributed by atoms with Crippen molar-refractivity contribution in [3.05, 3.63) is 17.0 Å². The number of piperidine rings is 1. The van der Waals surface area contributed by atoms with Crippen LogP contribution in [0.1, 0.15) is 57.2 Å². The van der Waals surface area contributed by atoms with Gasteiger partial charge < -0.3 is 10.6 Å². The highest BCUT2D eigenvalue weighted by molar-refractivity contribution is 7.91. The zero-order valence-electron chi connectivity index (χ0n) is 16.0. The third-order valence-electron chi connectivity index (χ3n) is 4.36. The highest BCUT2D eigenvalue weighted by atomic mass is 32.2. The second-order valence-corrected chi connectivity index (χ2v) is 9.85. The molecule has 0 spiro atoms. The molecule has 148 valence electrons. The molecule has 1 saturated heterocycles. The molecular weight excluding hydrogens is 368 g/mol. The molecule has 2 rings (SSSR count). The second-order valence-electron chi connectivity index (χ2n) is 6.51. The molecule has 1 aliphatic heterocycles. The first-order valence-corrected chi connectivity index (χ1v) is 11.9. The molecule has 2 heterocycles. The van der Waals surface area contributed by atoms with Crippen molar-refractivity contribution in [2.45, 2.75) is 63.1 Å². The van der Waals surface area contributed by atoms with Gasteiger partial charge >= 0.3 is 0 Å². The second kappa shape index (κ2) is 10.9. The van der Waals surface area contributed by atoms with Crippen LogP contribution >= 0.6 is 11.3 Å². The number of thiophene rings is 1. The smallest absolute Gasteiger partial charge is 0.252 e. The molecule has 6 nitrogen and oxygen atoms in total. The van der Waals surface area contributed by atoms with Gasteiger partial charge in [-0.05, 0) is 38.3 Å². The van der Waals surface area contributed by atoms with Crippen LogP contribution in [0.3, 0.4) is 0 Å². The van der Waals surface area contributed by atoms with Crippen LogP contribution in [-0.4, -0.2) is 44.9 Å². The lowest BCUT2D eigenvalue weighted by atomic mass is 10.2. The first kappa shape index (κ1) is 21.2. The van der Waals surface area contributed by atoms with Crippen molar-refractivity contribution < 1.29 is 8.42 Å². The molecule has 1 aromatic heterocycles. The number of hydrogen-bond donors (Lipinski definition) is 2. The number of sulfonamides is 1. The average Bonchev–Trinajstić information content (AvgIpc) is 3.14. The Hall–Kier alpha value is -1.12. The molecule has 0 unspecified atom stereocenters. The number of nitrogens with zero attached hydrogens (tertiary/aromatic N) is 2. The van der Waals surface area contributed by atoms with Gasteiger partial charge in [0.2, 0.25) is 0 Å². The SMILES string of the molecule is CCCCCNC(=NCc1ccc(S(=O)(=O)N2CCCCC2)s1)NCC. The average molecular weight is 401 g/mol. The van der Waals surface area contributed by atoms with E-state index >= 15 is 0 Å². The van der Waals surface area contributed by atoms with Crippen LogP contribution < -0.4 is 10.6 Å². The predicted octanol–water partition coefficient (Wildman–Crippen LogP) is 3.17. The summed E-state index contributed by atoms with van der Waals surface area (Å²) >= 11 is 1.33. The van der Waals surface area contributed by atoms with E-state index in [1.54, 1.807) is 10.4 Å². The predicted molar refractivity (Wildman–Crippen MR) is 109 cm³/mol. The lowest BCUT2D eigenvalue weighted by Crippen LogP contribution is -2.37. The van der Waals surface area contributed by atoms with Gasteiger partial charge in [-0.2, -0.15) is 4.31 Å². The van der Waals surface area contributed by atoms with E-state index in [4.69, 9.17) is 0 Å². The van der Waals surface area contributed by atoms with Crippen molar-refractivity contribution in [3.63, 3.8) is 0 Å². The summed E-state index contributed by atoms with van der Waals surface area (Å²) in [6.07, 6.45) is 6.55. The van der Waals surface area contributed by atoms with Crippen molar-refractivity contribution in [3.8, 4) is 0 Å². The van der Waals surface area contributed by atoms with Crippen molar-refractivity contribution in [1.82, 2.24) is 14.9 Å². The summed E-state index contributed by atoms with van der Waals surface area (Å²) in [6.45, 7) is 7.70. The largest absolute Gasteiger partial charge is 0.357 e. The van der Waals surface area contributed by atoms with E-state index in [2.05, 4.69) is 22.5 Å². The molecule has 8 heteroatoms. The Morgan fingerprint density at radius 3 is 2.62 bits per heavy atom. The Morgan fingerprint density at radius 2 is 1.92 bits per heavy atom. The molecule has 0 radical (unpaired) electrons. The lowest BCUT2D eigenvalue weighted by Gasteiger charge is -2.25. The van der Waals surface area contributed by atoms with Gasteiger partial charge in [0.05, 0.1) is 6.54 Å². The Bertz CT molecular complexity index is 664. The molecule has 0 amide bonds. The number of aliphatic imine (C=N–C) groups is 1. The molecule has 0 aromatic carbocycles. The minimum Gasteiger partial charge on any atom is -0.357 e. The fraction of sp³-hybridized carbons (Fsp3) is 0.722. The van der Waals surface area contributed by atoms with Crippen molar-refractivity contribution in [2.75, 3.05) is 26.2 Å². The van der Waals surface area contributed by atoms with Gasteiger partial charge in [-0.3, -0.25) is 0 Å². The van der Waals surface area contributed by atoms with Crippen molar-refractivity contribution in [1.29, 1.82) is 0 Å². The number of unbranched alkanes of at least 4 members (excludes halogenated alkanes) is 2. The topological polar surface area (TPSA) is 73.8 Å². The Labute approximate surface area is 162 Å². The normalized spacial score (nSPS) is 16.6. The van der Waals surface area contributed by atoms with E-state index in [1.165, 1.54) is 24.2 Å². The van der Waals surface area contributed by atoms with Gasteiger partial charge in [0.15, 0.2) is 5.96 Å². The summed E-state index contributed by atoms with van der Waals surface area (Å²) in [5, 5.41) is 6.57. The third kappa shape index (κ3) is 6.25. The molecule has 0 atom stereocenters. The van der Waals surface area contributed by atoms with Crippen molar-refractivity contribution >= 4 is 27.3 Å². The maximum atomic E-state index is 12.7. The van der Waals surface area contributed by atoms with Gasteiger partial charge in [0, 0.05) is 31.1 Å². The third-order valence-corrected chi connectivity index (χ3v) is 7.79. The summed E-state index contributed by atoms with van der Waals surface area (Å²) in [5.41, 5.74) is 0. The summed E-state index contributed by atoms with van der Waals surface area (Å²) in [6, 6.07) is 3.60. The zero-order chi connectivity index (χ0) is 18.8. The Balaban J connectivity index is 1.96. The fourth-order valence-corrected chi connectivity index (χ4v) is 5.85. The van der Waals surface area contributed by atoms with Crippen LogP contribution in [0.15, 0.2) is 21.3 Å². The van der Waals surface area contributed by atoms with Gasteiger partial charge in [0.1, 0.15) is 4.21 Å². The van der Waals surface area contributed by atoms with Crippen LogP contribution in [-0.2, 0) is 16.6 Å². The molecule has 0 aliphatic carbocycles. The van der Waals surface area contributed by atoms with Crippen LogP contribution in [0.4, 0.5) is 0 Å². The first-order valence-electron chi connectivity index (χ1n) is 9.69. The zero-order valence-corrected chi connectivity index (χ0v) is 17.6. The van der Waals surface area contributed by atoms with E-state index < -0.39 is 10.0 Å². The summed E-state index contributed by atoms with van der Waals surface area (Å²) in [7, 11) is -3.34. The summed E-state index contributed by atoms with van der Waals surface area (Å²) < 4.78 is 27.5. The van der Waals surface area contributed by atoms with E-state index in [0.29, 0.717) is 23.8 Å². The Kier molecular flexibility index (Phi) is 8.87. The van der Waals surface area contributed by atoms with Gasteiger partial charge in [-0.25, -0.2) is 13.4 Å².